The Bertz CT molecular complexity index is 924. The molecule has 0 bridgehead atoms. The Morgan fingerprint density at radius 2 is 1.66 bits per heavy atom. The first-order chi connectivity index (χ1) is 15.3. The van der Waals surface area contributed by atoms with Crippen molar-refractivity contribution >= 4 is 11.8 Å². The summed E-state index contributed by atoms with van der Waals surface area (Å²) in [5.41, 5.74) is 0.561. The molecule has 3 rings (SSSR count). The Hall–Kier alpha value is -3.07. The lowest BCUT2D eigenvalue weighted by Gasteiger charge is -2.35. The van der Waals surface area contributed by atoms with E-state index in [0.29, 0.717) is 44.0 Å². The maximum absolute atomic E-state index is 12.7. The van der Waals surface area contributed by atoms with Crippen LogP contribution in [0.25, 0.3) is 0 Å². The van der Waals surface area contributed by atoms with Crippen molar-refractivity contribution in [2.45, 2.75) is 19.1 Å². The second kappa shape index (κ2) is 10.5. The van der Waals surface area contributed by atoms with Gasteiger partial charge in [0.1, 0.15) is 5.75 Å². The van der Waals surface area contributed by atoms with Gasteiger partial charge in [0.25, 0.3) is 5.91 Å². The van der Waals surface area contributed by atoms with Crippen molar-refractivity contribution in [3.8, 4) is 5.75 Å². The van der Waals surface area contributed by atoms with Crippen LogP contribution in [0.1, 0.15) is 27.9 Å². The van der Waals surface area contributed by atoms with E-state index in [-0.39, 0.29) is 24.8 Å². The second-order valence-corrected chi connectivity index (χ2v) is 7.56. The molecule has 0 aliphatic carbocycles. The zero-order valence-corrected chi connectivity index (χ0v) is 17.8. The highest BCUT2D eigenvalue weighted by atomic mass is 19.4. The summed E-state index contributed by atoms with van der Waals surface area (Å²) in [7, 11) is 1.49. The number of ether oxygens (including phenoxy) is 1. The quantitative estimate of drug-likeness (QED) is 0.706. The van der Waals surface area contributed by atoms with Gasteiger partial charge in [-0.05, 0) is 29.8 Å². The number of nitrogens with one attached hydrogen (secondary N) is 1. The molecule has 6 nitrogen and oxygen atoms in total. The molecule has 1 heterocycles. The Labute approximate surface area is 184 Å². The second-order valence-electron chi connectivity index (χ2n) is 7.56. The number of methoxy groups -OCH3 is 1. The van der Waals surface area contributed by atoms with E-state index in [2.05, 4.69) is 10.2 Å². The predicted molar refractivity (Wildman–Crippen MR) is 113 cm³/mol. The number of rotatable bonds is 7. The minimum atomic E-state index is -4.34. The van der Waals surface area contributed by atoms with Crippen molar-refractivity contribution in [3.63, 3.8) is 0 Å². The third kappa shape index (κ3) is 6.23. The van der Waals surface area contributed by atoms with E-state index >= 15 is 0 Å². The number of alkyl halides is 3. The van der Waals surface area contributed by atoms with Gasteiger partial charge >= 0.3 is 6.18 Å². The van der Waals surface area contributed by atoms with Gasteiger partial charge in [-0.25, -0.2) is 0 Å². The molecule has 1 N–H and O–H groups in total. The lowest BCUT2D eigenvalue weighted by molar-refractivity contribution is -0.137. The summed E-state index contributed by atoms with van der Waals surface area (Å²) in [6.07, 6.45) is -4.14. The first-order valence-electron chi connectivity index (χ1n) is 10.4. The fraction of sp³-hybridized carbons (Fsp3) is 0.391. The molecular formula is C23H26F3N3O3. The van der Waals surface area contributed by atoms with Crippen LogP contribution >= 0.6 is 0 Å². The fourth-order valence-corrected chi connectivity index (χ4v) is 3.58. The van der Waals surface area contributed by atoms with Crippen molar-refractivity contribution in [3.05, 3.63) is 65.2 Å². The smallest absolute Gasteiger partial charge is 0.416 e. The van der Waals surface area contributed by atoms with Crippen molar-refractivity contribution in [1.82, 2.24) is 15.1 Å². The number of hydrogen-bond acceptors (Lipinski definition) is 4. The zero-order chi connectivity index (χ0) is 23.1. The summed E-state index contributed by atoms with van der Waals surface area (Å²) in [6, 6.07) is 12.0. The van der Waals surface area contributed by atoms with E-state index in [1.54, 1.807) is 29.2 Å². The monoisotopic (exact) mass is 449 g/mol. The number of carbonyl (C=O) groups is 2. The molecule has 2 amide bonds. The van der Waals surface area contributed by atoms with Crippen LogP contribution in [0.4, 0.5) is 13.2 Å². The van der Waals surface area contributed by atoms with Crippen molar-refractivity contribution in [2.24, 2.45) is 0 Å². The minimum absolute atomic E-state index is 0.0421. The van der Waals surface area contributed by atoms with Gasteiger partial charge in [-0.2, -0.15) is 13.2 Å². The van der Waals surface area contributed by atoms with Gasteiger partial charge in [-0.1, -0.05) is 24.3 Å². The molecule has 1 fully saturated rings. The Kier molecular flexibility index (Phi) is 7.74. The standard InChI is InChI=1S/C23H26F3N3O3/c1-32-20-5-3-2-4-19(20)22(31)27-11-10-21(30)29-14-12-28(13-15-29)16-17-6-8-18(9-7-17)23(24,25)26/h2-9H,10-16H2,1H3,(H,27,31). The van der Waals surface area contributed by atoms with Gasteiger partial charge in [0, 0.05) is 45.7 Å². The summed E-state index contributed by atoms with van der Waals surface area (Å²) in [4.78, 5) is 28.6. The fourth-order valence-electron chi connectivity index (χ4n) is 3.58. The maximum Gasteiger partial charge on any atom is 0.416 e. The van der Waals surface area contributed by atoms with E-state index in [0.717, 1.165) is 17.7 Å². The number of carbonyl (C=O) groups excluding carboxylic acids is 2. The van der Waals surface area contributed by atoms with Gasteiger partial charge in [0.2, 0.25) is 5.91 Å². The molecule has 0 unspecified atom stereocenters. The molecule has 32 heavy (non-hydrogen) atoms. The highest BCUT2D eigenvalue weighted by Crippen LogP contribution is 2.29. The van der Waals surface area contributed by atoms with Crippen LogP contribution in [0.2, 0.25) is 0 Å². The molecule has 1 aliphatic rings. The molecule has 172 valence electrons. The SMILES string of the molecule is COc1ccccc1C(=O)NCCC(=O)N1CCN(Cc2ccc(C(F)(F)F)cc2)CC1. The van der Waals surface area contributed by atoms with E-state index in [1.807, 2.05) is 0 Å². The summed E-state index contributed by atoms with van der Waals surface area (Å²) >= 11 is 0. The average Bonchev–Trinajstić information content (AvgIpc) is 2.79. The average molecular weight is 449 g/mol. The van der Waals surface area contributed by atoms with Crippen LogP contribution in [-0.4, -0.2) is 61.4 Å². The van der Waals surface area contributed by atoms with Gasteiger partial charge in [0.15, 0.2) is 0 Å². The third-order valence-corrected chi connectivity index (χ3v) is 5.39. The zero-order valence-electron chi connectivity index (χ0n) is 17.8. The number of piperazine rings is 1. The first kappa shape index (κ1) is 23.6. The topological polar surface area (TPSA) is 61.9 Å². The lowest BCUT2D eigenvalue weighted by Crippen LogP contribution is -2.48. The summed E-state index contributed by atoms with van der Waals surface area (Å²) in [6.45, 7) is 3.12. The maximum atomic E-state index is 12.7. The highest BCUT2D eigenvalue weighted by molar-refractivity contribution is 5.97. The molecule has 1 aliphatic heterocycles. The van der Waals surface area contributed by atoms with E-state index in [9.17, 15) is 22.8 Å². The lowest BCUT2D eigenvalue weighted by atomic mass is 10.1. The number of hydrogen-bond donors (Lipinski definition) is 1. The van der Waals surface area contributed by atoms with Crippen LogP contribution in [0, 0.1) is 0 Å². The number of nitrogens with zero attached hydrogens (tertiary/aromatic N) is 2. The highest BCUT2D eigenvalue weighted by Gasteiger charge is 2.30. The van der Waals surface area contributed by atoms with Gasteiger partial charge < -0.3 is 15.0 Å². The van der Waals surface area contributed by atoms with Gasteiger partial charge in [-0.3, -0.25) is 14.5 Å². The molecule has 9 heteroatoms. The molecule has 1 saturated heterocycles. The Balaban J connectivity index is 1.40. The van der Waals surface area contributed by atoms with Crippen LogP contribution < -0.4 is 10.1 Å². The third-order valence-electron chi connectivity index (χ3n) is 5.39. The van der Waals surface area contributed by atoms with Crippen molar-refractivity contribution in [1.29, 1.82) is 0 Å². The predicted octanol–water partition coefficient (Wildman–Crippen LogP) is 3.18. The molecule has 0 aromatic heterocycles. The molecule has 0 spiro atoms. The number of amides is 2. The van der Waals surface area contributed by atoms with Crippen molar-refractivity contribution in [2.75, 3.05) is 39.8 Å². The number of benzene rings is 2. The molecule has 0 radical (unpaired) electrons. The summed E-state index contributed by atoms with van der Waals surface area (Å²) < 4.78 is 43.2. The molecule has 2 aromatic rings. The van der Waals surface area contributed by atoms with E-state index < -0.39 is 11.7 Å². The Morgan fingerprint density at radius 3 is 2.28 bits per heavy atom. The molecule has 0 saturated carbocycles. The summed E-state index contributed by atoms with van der Waals surface area (Å²) in [5, 5.41) is 2.74. The van der Waals surface area contributed by atoms with E-state index in [4.69, 9.17) is 4.74 Å². The molecule has 0 atom stereocenters. The number of para-hydroxylation sites is 1. The van der Waals surface area contributed by atoms with Crippen LogP contribution in [0.15, 0.2) is 48.5 Å². The van der Waals surface area contributed by atoms with E-state index in [1.165, 1.54) is 19.2 Å². The largest absolute Gasteiger partial charge is 0.496 e. The summed E-state index contributed by atoms with van der Waals surface area (Å²) in [5.74, 6) is 0.136. The first-order valence-corrected chi connectivity index (χ1v) is 10.4. The Morgan fingerprint density at radius 1 is 1.00 bits per heavy atom. The van der Waals surface area contributed by atoms with Crippen LogP contribution in [0.3, 0.4) is 0 Å². The number of halogens is 3. The molecular weight excluding hydrogens is 423 g/mol. The van der Waals surface area contributed by atoms with Crippen LogP contribution in [-0.2, 0) is 17.5 Å². The van der Waals surface area contributed by atoms with Gasteiger partial charge in [0.05, 0.1) is 18.2 Å². The normalized spacial score (nSPS) is 14.8. The molecule has 2 aromatic carbocycles. The van der Waals surface area contributed by atoms with Crippen molar-refractivity contribution < 1.29 is 27.5 Å². The minimum Gasteiger partial charge on any atom is -0.496 e. The van der Waals surface area contributed by atoms with Crippen LogP contribution in [0.5, 0.6) is 5.75 Å². The van der Waals surface area contributed by atoms with Gasteiger partial charge in [-0.15, -0.1) is 0 Å².